The number of carbonyl (C=O) groups excluding carboxylic acids is 2. The highest BCUT2D eigenvalue weighted by Gasteiger charge is 2.31. The molecule has 0 aliphatic carbocycles. The van der Waals surface area contributed by atoms with Crippen LogP contribution in [0.4, 0.5) is 0 Å². The highest BCUT2D eigenvalue weighted by Crippen LogP contribution is 2.18. The van der Waals surface area contributed by atoms with E-state index in [0.29, 0.717) is 12.2 Å². The minimum atomic E-state index is -0.327. The Morgan fingerprint density at radius 1 is 1.30 bits per heavy atom. The first kappa shape index (κ1) is 17.3. The van der Waals surface area contributed by atoms with Crippen molar-refractivity contribution in [2.24, 2.45) is 5.92 Å². The molecule has 4 rings (SSSR count). The summed E-state index contributed by atoms with van der Waals surface area (Å²) in [6.45, 7) is 2.92. The maximum atomic E-state index is 12.8. The van der Waals surface area contributed by atoms with E-state index in [1.54, 1.807) is 16.3 Å². The van der Waals surface area contributed by atoms with Crippen LogP contribution in [0.1, 0.15) is 12.0 Å². The SMILES string of the molecule is Cc1cc2ccccc2n2c(=O)n(CCNC(=O)C3CC(=O)N(C)C3)nc12. The smallest absolute Gasteiger partial charge is 0.350 e. The largest absolute Gasteiger partial charge is 0.354 e. The molecule has 0 saturated carbocycles. The van der Waals surface area contributed by atoms with Crippen LogP contribution in [0.25, 0.3) is 16.6 Å². The predicted molar refractivity (Wildman–Crippen MR) is 100 cm³/mol. The highest BCUT2D eigenvalue weighted by molar-refractivity contribution is 5.89. The average molecular weight is 367 g/mol. The molecule has 0 radical (unpaired) electrons. The number of likely N-dealkylation sites (tertiary alicyclic amines) is 1. The van der Waals surface area contributed by atoms with Gasteiger partial charge in [0.1, 0.15) is 0 Å². The van der Waals surface area contributed by atoms with Gasteiger partial charge in [0.2, 0.25) is 11.8 Å². The van der Waals surface area contributed by atoms with Gasteiger partial charge in [-0.3, -0.25) is 9.59 Å². The number of benzene rings is 1. The molecule has 1 atom stereocenters. The summed E-state index contributed by atoms with van der Waals surface area (Å²) < 4.78 is 2.98. The molecule has 2 aromatic heterocycles. The van der Waals surface area contributed by atoms with Crippen molar-refractivity contribution in [3.63, 3.8) is 0 Å². The van der Waals surface area contributed by atoms with E-state index in [2.05, 4.69) is 10.4 Å². The maximum Gasteiger partial charge on any atom is 0.350 e. The zero-order valence-corrected chi connectivity index (χ0v) is 15.3. The number of hydrogen-bond acceptors (Lipinski definition) is 4. The fourth-order valence-electron chi connectivity index (χ4n) is 3.61. The Labute approximate surface area is 155 Å². The zero-order valence-electron chi connectivity index (χ0n) is 15.3. The molecule has 8 nitrogen and oxygen atoms in total. The minimum Gasteiger partial charge on any atom is -0.354 e. The molecule has 1 aliphatic heterocycles. The number of pyridine rings is 1. The molecule has 27 heavy (non-hydrogen) atoms. The summed E-state index contributed by atoms with van der Waals surface area (Å²) >= 11 is 0. The van der Waals surface area contributed by atoms with E-state index in [9.17, 15) is 14.4 Å². The van der Waals surface area contributed by atoms with Gasteiger partial charge < -0.3 is 10.2 Å². The minimum absolute atomic E-state index is 0.0194. The normalized spacial score (nSPS) is 17.2. The van der Waals surface area contributed by atoms with Gasteiger partial charge in [-0.1, -0.05) is 18.2 Å². The average Bonchev–Trinajstić information content (AvgIpc) is 3.16. The number of nitrogens with zero attached hydrogens (tertiary/aromatic N) is 4. The Kier molecular flexibility index (Phi) is 4.18. The van der Waals surface area contributed by atoms with Crippen molar-refractivity contribution >= 4 is 28.4 Å². The van der Waals surface area contributed by atoms with Crippen molar-refractivity contribution in [2.45, 2.75) is 19.9 Å². The van der Waals surface area contributed by atoms with Gasteiger partial charge in [0.05, 0.1) is 18.0 Å². The van der Waals surface area contributed by atoms with Crippen molar-refractivity contribution < 1.29 is 9.59 Å². The standard InChI is InChI=1S/C19H21N5O3/c1-12-9-13-5-3-4-6-15(13)24-17(12)21-23(19(24)27)8-7-20-18(26)14-10-16(25)22(2)11-14/h3-6,9,14H,7-8,10-11H2,1-2H3,(H,20,26). The van der Waals surface area contributed by atoms with Crippen LogP contribution in [0.5, 0.6) is 0 Å². The fourth-order valence-corrected chi connectivity index (χ4v) is 3.61. The third-order valence-corrected chi connectivity index (χ3v) is 5.08. The first-order valence-electron chi connectivity index (χ1n) is 8.95. The lowest BCUT2D eigenvalue weighted by Crippen LogP contribution is -2.36. The van der Waals surface area contributed by atoms with Crippen LogP contribution >= 0.6 is 0 Å². The molecular weight excluding hydrogens is 346 g/mol. The highest BCUT2D eigenvalue weighted by atomic mass is 16.2. The van der Waals surface area contributed by atoms with Gasteiger partial charge in [0.15, 0.2) is 5.65 Å². The number of aryl methyl sites for hydroxylation is 1. The summed E-state index contributed by atoms with van der Waals surface area (Å²) in [5.74, 6) is -0.508. The second-order valence-electron chi connectivity index (χ2n) is 7.02. The number of fused-ring (bicyclic) bond motifs is 3. The van der Waals surface area contributed by atoms with Gasteiger partial charge in [0.25, 0.3) is 0 Å². The summed E-state index contributed by atoms with van der Waals surface area (Å²) in [5.41, 5.74) is 2.12. The number of para-hydroxylation sites is 1. The van der Waals surface area contributed by atoms with Gasteiger partial charge in [0, 0.05) is 26.6 Å². The molecule has 8 heteroatoms. The number of amides is 2. The van der Waals surface area contributed by atoms with Crippen LogP contribution in [0.15, 0.2) is 35.1 Å². The first-order chi connectivity index (χ1) is 13.0. The van der Waals surface area contributed by atoms with E-state index >= 15 is 0 Å². The topological polar surface area (TPSA) is 88.7 Å². The summed E-state index contributed by atoms with van der Waals surface area (Å²) in [5, 5.41) is 8.22. The van der Waals surface area contributed by atoms with E-state index < -0.39 is 0 Å². The van der Waals surface area contributed by atoms with Crippen molar-refractivity contribution in [1.82, 2.24) is 24.4 Å². The van der Waals surface area contributed by atoms with Crippen molar-refractivity contribution in [1.29, 1.82) is 0 Å². The van der Waals surface area contributed by atoms with Crippen molar-refractivity contribution in [2.75, 3.05) is 20.1 Å². The number of nitrogens with one attached hydrogen (secondary N) is 1. The van der Waals surface area contributed by atoms with E-state index in [4.69, 9.17) is 0 Å². The van der Waals surface area contributed by atoms with Crippen LogP contribution in [0.3, 0.4) is 0 Å². The van der Waals surface area contributed by atoms with Crippen LogP contribution in [0, 0.1) is 12.8 Å². The summed E-state index contributed by atoms with van der Waals surface area (Å²) in [6, 6.07) is 9.69. The predicted octanol–water partition coefficient (Wildman–Crippen LogP) is 0.552. The van der Waals surface area contributed by atoms with Crippen LogP contribution < -0.4 is 11.0 Å². The molecule has 1 fully saturated rings. The Bertz CT molecular complexity index is 1110. The fraction of sp³-hybridized carbons (Fsp3) is 0.368. The van der Waals surface area contributed by atoms with E-state index in [0.717, 1.165) is 16.5 Å². The molecule has 2 amide bonds. The Morgan fingerprint density at radius 3 is 2.81 bits per heavy atom. The summed E-state index contributed by atoms with van der Waals surface area (Å²) in [7, 11) is 1.69. The summed E-state index contributed by atoms with van der Waals surface area (Å²) in [4.78, 5) is 38.1. The van der Waals surface area contributed by atoms with E-state index in [1.165, 1.54) is 4.68 Å². The number of hydrogen-bond donors (Lipinski definition) is 1. The van der Waals surface area contributed by atoms with Crippen LogP contribution in [0.2, 0.25) is 0 Å². The lowest BCUT2D eigenvalue weighted by atomic mass is 10.1. The number of rotatable bonds is 4. The molecule has 3 aromatic rings. The molecule has 0 bridgehead atoms. The molecule has 0 spiro atoms. The first-order valence-corrected chi connectivity index (χ1v) is 8.95. The monoisotopic (exact) mass is 367 g/mol. The number of carbonyl (C=O) groups is 2. The Balaban J connectivity index is 1.53. The van der Waals surface area contributed by atoms with Gasteiger partial charge >= 0.3 is 5.69 Å². The van der Waals surface area contributed by atoms with Crippen molar-refractivity contribution in [3.8, 4) is 0 Å². The lowest BCUT2D eigenvalue weighted by Gasteiger charge is -2.10. The van der Waals surface area contributed by atoms with E-state index in [1.807, 2.05) is 37.3 Å². The molecular formula is C19H21N5O3. The van der Waals surface area contributed by atoms with Gasteiger partial charge in [-0.2, -0.15) is 0 Å². The summed E-state index contributed by atoms with van der Waals surface area (Å²) in [6.07, 6.45) is 0.238. The van der Waals surface area contributed by atoms with Gasteiger partial charge in [-0.25, -0.2) is 13.9 Å². The number of aromatic nitrogens is 3. The third-order valence-electron chi connectivity index (χ3n) is 5.08. The lowest BCUT2D eigenvalue weighted by molar-refractivity contribution is -0.128. The van der Waals surface area contributed by atoms with Crippen LogP contribution in [-0.2, 0) is 16.1 Å². The Hall–Kier alpha value is -3.16. The van der Waals surface area contributed by atoms with Gasteiger partial charge in [-0.05, 0) is 30.0 Å². The molecule has 1 N–H and O–H groups in total. The molecule has 3 heterocycles. The maximum absolute atomic E-state index is 12.8. The third kappa shape index (κ3) is 2.97. The quantitative estimate of drug-likeness (QED) is 0.729. The van der Waals surface area contributed by atoms with Crippen molar-refractivity contribution in [3.05, 3.63) is 46.4 Å². The second-order valence-corrected chi connectivity index (χ2v) is 7.02. The molecule has 1 aromatic carbocycles. The van der Waals surface area contributed by atoms with Gasteiger partial charge in [-0.15, -0.1) is 5.10 Å². The Morgan fingerprint density at radius 2 is 2.07 bits per heavy atom. The second kappa shape index (κ2) is 6.53. The van der Waals surface area contributed by atoms with E-state index in [-0.39, 0.29) is 42.9 Å². The molecule has 1 unspecified atom stereocenters. The molecule has 1 saturated heterocycles. The van der Waals surface area contributed by atoms with Crippen LogP contribution in [-0.4, -0.2) is 51.0 Å². The zero-order chi connectivity index (χ0) is 19.1. The molecule has 1 aliphatic rings. The molecule has 140 valence electrons.